The second-order valence-electron chi connectivity index (χ2n) is 5.48. The van der Waals surface area contributed by atoms with Crippen molar-refractivity contribution < 1.29 is 4.79 Å². The van der Waals surface area contributed by atoms with Crippen LogP contribution in [0.3, 0.4) is 0 Å². The molecule has 1 amide bonds. The Kier molecular flexibility index (Phi) is 3.42. The molecule has 0 saturated carbocycles. The van der Waals surface area contributed by atoms with Gasteiger partial charge in [-0.1, -0.05) is 12.1 Å². The molecule has 1 atom stereocenters. The number of carbonyl (C=O) groups is 1. The topological polar surface area (TPSA) is 79.0 Å². The van der Waals surface area contributed by atoms with E-state index in [1.807, 2.05) is 24.3 Å². The maximum absolute atomic E-state index is 12.7. The largest absolute Gasteiger partial charge is 0.328 e. The molecule has 0 spiro atoms. The Morgan fingerprint density at radius 3 is 2.91 bits per heavy atom. The molecule has 0 bridgehead atoms. The summed E-state index contributed by atoms with van der Waals surface area (Å²) in [5.74, 6) is -0.164. The van der Waals surface area contributed by atoms with Gasteiger partial charge in [-0.05, 0) is 31.0 Å². The van der Waals surface area contributed by atoms with Crippen LogP contribution in [0.4, 0.5) is 0 Å². The molecule has 3 heterocycles. The molecule has 1 aromatic carbocycles. The summed E-state index contributed by atoms with van der Waals surface area (Å²) in [6.07, 6.45) is 1.84. The van der Waals surface area contributed by atoms with Gasteiger partial charge in [0.25, 0.3) is 11.5 Å². The van der Waals surface area contributed by atoms with Crippen molar-refractivity contribution in [2.24, 2.45) is 0 Å². The van der Waals surface area contributed by atoms with Crippen molar-refractivity contribution >= 4 is 27.5 Å². The Labute approximate surface area is 135 Å². The van der Waals surface area contributed by atoms with Crippen molar-refractivity contribution in [3.63, 3.8) is 0 Å². The molecule has 6 nitrogen and oxygen atoms in total. The third-order valence-corrected chi connectivity index (χ3v) is 5.15. The summed E-state index contributed by atoms with van der Waals surface area (Å²) in [6, 6.07) is 10.8. The number of hydrogen-bond acceptors (Lipinski definition) is 5. The molecule has 0 radical (unpaired) electrons. The van der Waals surface area contributed by atoms with Gasteiger partial charge >= 0.3 is 0 Å². The molecule has 1 fully saturated rings. The minimum absolute atomic E-state index is 0.0198. The number of aromatic nitrogens is 3. The quantitative estimate of drug-likeness (QED) is 0.784. The first-order valence-corrected chi connectivity index (χ1v) is 8.26. The van der Waals surface area contributed by atoms with Crippen LogP contribution in [-0.4, -0.2) is 32.5 Å². The van der Waals surface area contributed by atoms with Crippen LogP contribution in [-0.2, 0) is 0 Å². The Hall–Kier alpha value is -2.54. The predicted octanol–water partition coefficient (Wildman–Crippen LogP) is 2.36. The summed E-state index contributed by atoms with van der Waals surface area (Å²) in [6.45, 7) is 0.681. The van der Waals surface area contributed by atoms with Crippen LogP contribution >= 0.6 is 11.3 Å². The minimum Gasteiger partial charge on any atom is -0.328 e. The van der Waals surface area contributed by atoms with E-state index < -0.39 is 0 Å². The van der Waals surface area contributed by atoms with Crippen LogP contribution in [0.15, 0.2) is 41.2 Å². The van der Waals surface area contributed by atoms with Gasteiger partial charge in [0.2, 0.25) is 0 Å². The van der Waals surface area contributed by atoms with Crippen LogP contribution in [0.2, 0.25) is 0 Å². The van der Waals surface area contributed by atoms with Gasteiger partial charge in [0.05, 0.1) is 16.3 Å². The summed E-state index contributed by atoms with van der Waals surface area (Å²) < 4.78 is 1.13. The lowest BCUT2D eigenvalue weighted by molar-refractivity contribution is 0.0728. The maximum atomic E-state index is 12.7. The van der Waals surface area contributed by atoms with Crippen molar-refractivity contribution in [3.8, 4) is 0 Å². The first-order chi connectivity index (χ1) is 11.2. The summed E-state index contributed by atoms with van der Waals surface area (Å²) >= 11 is 1.63. The molecule has 7 heteroatoms. The molecule has 1 saturated heterocycles. The van der Waals surface area contributed by atoms with Gasteiger partial charge in [0, 0.05) is 12.6 Å². The van der Waals surface area contributed by atoms with Crippen molar-refractivity contribution in [1.29, 1.82) is 0 Å². The van der Waals surface area contributed by atoms with E-state index in [-0.39, 0.29) is 23.2 Å². The summed E-state index contributed by atoms with van der Waals surface area (Å²) in [7, 11) is 0. The van der Waals surface area contributed by atoms with Gasteiger partial charge in [0.15, 0.2) is 0 Å². The van der Waals surface area contributed by atoms with E-state index in [1.54, 1.807) is 16.2 Å². The van der Waals surface area contributed by atoms with Crippen LogP contribution in [0.1, 0.15) is 34.4 Å². The number of likely N-dealkylation sites (tertiary alicyclic amines) is 1. The second-order valence-corrected chi connectivity index (χ2v) is 6.55. The zero-order valence-electron chi connectivity index (χ0n) is 12.2. The van der Waals surface area contributed by atoms with E-state index in [9.17, 15) is 9.59 Å². The SMILES string of the molecule is O=C(c1ccc(=O)[nH]n1)N1CCCC1c1nc2ccccc2s1. The highest BCUT2D eigenvalue weighted by molar-refractivity contribution is 7.18. The fraction of sp³-hybridized carbons (Fsp3) is 0.250. The van der Waals surface area contributed by atoms with Crippen molar-refractivity contribution in [2.75, 3.05) is 6.54 Å². The monoisotopic (exact) mass is 326 g/mol. The molecule has 0 aliphatic carbocycles. The average Bonchev–Trinajstić information content (AvgIpc) is 3.21. The molecule has 116 valence electrons. The van der Waals surface area contributed by atoms with Crippen LogP contribution in [0, 0.1) is 0 Å². The van der Waals surface area contributed by atoms with E-state index in [0.717, 1.165) is 28.1 Å². The number of fused-ring (bicyclic) bond motifs is 1. The number of rotatable bonds is 2. The summed E-state index contributed by atoms with van der Waals surface area (Å²) in [5, 5.41) is 7.12. The molecule has 1 N–H and O–H groups in total. The highest BCUT2D eigenvalue weighted by Crippen LogP contribution is 2.36. The number of nitrogens with one attached hydrogen (secondary N) is 1. The zero-order valence-corrected chi connectivity index (χ0v) is 13.0. The Morgan fingerprint density at radius 1 is 1.26 bits per heavy atom. The number of hydrogen-bond donors (Lipinski definition) is 1. The summed E-state index contributed by atoms with van der Waals surface area (Å²) in [4.78, 5) is 30.3. The zero-order chi connectivity index (χ0) is 15.8. The lowest BCUT2D eigenvalue weighted by Crippen LogP contribution is -2.31. The van der Waals surface area contributed by atoms with Gasteiger partial charge < -0.3 is 4.90 Å². The van der Waals surface area contributed by atoms with E-state index in [0.29, 0.717) is 6.54 Å². The molecule has 1 aliphatic heterocycles. The van der Waals surface area contributed by atoms with Gasteiger partial charge in [-0.25, -0.2) is 10.1 Å². The van der Waals surface area contributed by atoms with Gasteiger partial charge in [0.1, 0.15) is 10.7 Å². The van der Waals surface area contributed by atoms with Crippen LogP contribution in [0.5, 0.6) is 0 Å². The standard InChI is InChI=1S/C16H14N4O2S/c21-14-8-7-11(18-19-14)16(22)20-9-3-5-12(20)15-17-10-4-1-2-6-13(10)23-15/h1-2,4,6-8,12H,3,5,9H2,(H,19,21). The molecular formula is C16H14N4O2S. The molecule has 23 heavy (non-hydrogen) atoms. The molecular weight excluding hydrogens is 312 g/mol. The number of thiazole rings is 1. The number of nitrogens with zero attached hydrogens (tertiary/aromatic N) is 3. The van der Waals surface area contributed by atoms with Gasteiger partial charge in [-0.2, -0.15) is 5.10 Å². The van der Waals surface area contributed by atoms with E-state index >= 15 is 0 Å². The number of H-pyrrole nitrogens is 1. The van der Waals surface area contributed by atoms with Crippen molar-refractivity contribution in [1.82, 2.24) is 20.1 Å². The Balaban J connectivity index is 1.67. The Bertz CT molecular complexity index is 879. The molecule has 3 aromatic rings. The first kappa shape index (κ1) is 14.1. The third kappa shape index (κ3) is 2.53. The smallest absolute Gasteiger partial charge is 0.274 e. The van der Waals surface area contributed by atoms with Gasteiger partial charge in [-0.15, -0.1) is 11.3 Å². The van der Waals surface area contributed by atoms with Crippen LogP contribution in [0.25, 0.3) is 10.2 Å². The predicted molar refractivity (Wildman–Crippen MR) is 87.5 cm³/mol. The van der Waals surface area contributed by atoms with E-state index in [1.165, 1.54) is 12.1 Å². The Morgan fingerprint density at radius 2 is 2.13 bits per heavy atom. The molecule has 4 rings (SSSR count). The number of para-hydroxylation sites is 1. The minimum atomic E-state index is -0.314. The lowest BCUT2D eigenvalue weighted by Gasteiger charge is -2.22. The number of carbonyl (C=O) groups excluding carboxylic acids is 1. The summed E-state index contributed by atoms with van der Waals surface area (Å²) in [5.41, 5.74) is 0.914. The fourth-order valence-electron chi connectivity index (χ4n) is 2.91. The highest BCUT2D eigenvalue weighted by atomic mass is 32.1. The lowest BCUT2D eigenvalue weighted by atomic mass is 10.2. The number of benzene rings is 1. The van der Waals surface area contributed by atoms with Crippen molar-refractivity contribution in [3.05, 3.63) is 57.5 Å². The molecule has 1 aliphatic rings. The fourth-order valence-corrected chi connectivity index (χ4v) is 4.03. The maximum Gasteiger partial charge on any atom is 0.274 e. The van der Waals surface area contributed by atoms with Crippen molar-refractivity contribution in [2.45, 2.75) is 18.9 Å². The normalized spacial score (nSPS) is 17.7. The number of aromatic amines is 1. The van der Waals surface area contributed by atoms with Gasteiger partial charge in [-0.3, -0.25) is 9.59 Å². The highest BCUT2D eigenvalue weighted by Gasteiger charge is 2.33. The molecule has 2 aromatic heterocycles. The van der Waals surface area contributed by atoms with E-state index in [4.69, 9.17) is 0 Å². The average molecular weight is 326 g/mol. The third-order valence-electron chi connectivity index (χ3n) is 4.01. The first-order valence-electron chi connectivity index (χ1n) is 7.44. The molecule has 1 unspecified atom stereocenters. The second kappa shape index (κ2) is 5.58. The van der Waals surface area contributed by atoms with E-state index in [2.05, 4.69) is 15.2 Å². The van der Waals surface area contributed by atoms with Crippen LogP contribution < -0.4 is 5.56 Å². The number of amides is 1.